The number of aliphatic hydroxyl groups is 1. The molecule has 0 bridgehead atoms. The zero-order valence-electron chi connectivity index (χ0n) is 11.2. The van der Waals surface area contributed by atoms with Crippen LogP contribution < -0.4 is 5.32 Å². The predicted octanol–water partition coefficient (Wildman–Crippen LogP) is 2.79. The van der Waals surface area contributed by atoms with E-state index in [1.807, 2.05) is 27.7 Å². The van der Waals surface area contributed by atoms with Gasteiger partial charge in [-0.2, -0.15) is 0 Å². The highest BCUT2D eigenvalue weighted by Crippen LogP contribution is 2.19. The van der Waals surface area contributed by atoms with Gasteiger partial charge in [-0.15, -0.1) is 0 Å². The average Bonchev–Trinajstić information content (AvgIpc) is 2.27. The van der Waals surface area contributed by atoms with Crippen LogP contribution in [0.4, 0.5) is 0 Å². The van der Waals surface area contributed by atoms with E-state index < -0.39 is 6.10 Å². The van der Waals surface area contributed by atoms with Crippen LogP contribution in [0.3, 0.4) is 0 Å². The Morgan fingerprint density at radius 3 is 2.56 bits per heavy atom. The number of amides is 1. The third-order valence-electron chi connectivity index (χ3n) is 2.88. The Bertz CT molecular complexity index is 438. The second-order valence-electron chi connectivity index (χ2n) is 5.56. The summed E-state index contributed by atoms with van der Waals surface area (Å²) in [7, 11) is 0. The molecule has 4 heteroatoms. The number of hydrogen-bond acceptors (Lipinski definition) is 2. The first kappa shape index (κ1) is 15.0. The molecule has 1 atom stereocenters. The molecule has 0 fully saturated rings. The second kappa shape index (κ2) is 5.72. The van der Waals surface area contributed by atoms with Crippen molar-refractivity contribution in [2.45, 2.75) is 33.8 Å². The van der Waals surface area contributed by atoms with E-state index in [1.165, 1.54) is 0 Å². The van der Waals surface area contributed by atoms with Crippen LogP contribution in [-0.4, -0.2) is 23.7 Å². The third-order valence-corrected chi connectivity index (χ3v) is 3.30. The van der Waals surface area contributed by atoms with Crippen molar-refractivity contribution in [3.8, 4) is 0 Å². The molecule has 0 aromatic heterocycles. The molecular weight excluding hydrogens is 250 g/mol. The number of carbonyl (C=O) groups excluding carboxylic acids is 1. The molecule has 100 valence electrons. The molecule has 3 nitrogen and oxygen atoms in total. The van der Waals surface area contributed by atoms with Crippen LogP contribution in [0.5, 0.6) is 0 Å². The maximum atomic E-state index is 11.9. The summed E-state index contributed by atoms with van der Waals surface area (Å²) >= 11 is 5.90. The van der Waals surface area contributed by atoms with Gasteiger partial charge in [-0.1, -0.05) is 32.4 Å². The number of carbonyl (C=O) groups is 1. The Balaban J connectivity index is 2.63. The zero-order valence-corrected chi connectivity index (χ0v) is 12.0. The van der Waals surface area contributed by atoms with E-state index in [0.717, 1.165) is 5.56 Å². The van der Waals surface area contributed by atoms with Gasteiger partial charge in [0.15, 0.2) is 0 Å². The first-order valence-corrected chi connectivity index (χ1v) is 6.32. The molecule has 0 aliphatic carbocycles. The number of nitrogens with one attached hydrogen (secondary N) is 1. The van der Waals surface area contributed by atoms with Crippen LogP contribution in [-0.2, 0) is 0 Å². The minimum absolute atomic E-state index is 0.196. The van der Waals surface area contributed by atoms with E-state index in [4.69, 9.17) is 11.6 Å². The van der Waals surface area contributed by atoms with E-state index in [-0.39, 0.29) is 17.9 Å². The quantitative estimate of drug-likeness (QED) is 0.887. The fourth-order valence-electron chi connectivity index (χ4n) is 1.38. The van der Waals surface area contributed by atoms with Crippen LogP contribution in [0.15, 0.2) is 18.2 Å². The van der Waals surface area contributed by atoms with Gasteiger partial charge in [0.2, 0.25) is 0 Å². The number of rotatable bonds is 3. The monoisotopic (exact) mass is 269 g/mol. The number of halogens is 1. The summed E-state index contributed by atoms with van der Waals surface area (Å²) in [5, 5.41) is 13.2. The lowest BCUT2D eigenvalue weighted by Crippen LogP contribution is -2.39. The van der Waals surface area contributed by atoms with E-state index in [0.29, 0.717) is 10.6 Å². The SMILES string of the molecule is Cc1cc(C(=O)NCC(O)C(C)(C)C)ccc1Cl. The topological polar surface area (TPSA) is 49.3 Å². The number of hydrogen-bond donors (Lipinski definition) is 2. The summed E-state index contributed by atoms with van der Waals surface area (Å²) in [5.74, 6) is -0.196. The van der Waals surface area contributed by atoms with Crippen molar-refractivity contribution in [3.05, 3.63) is 34.3 Å². The van der Waals surface area contributed by atoms with Crippen molar-refractivity contribution in [2.24, 2.45) is 5.41 Å². The van der Waals surface area contributed by atoms with Crippen molar-refractivity contribution in [1.29, 1.82) is 0 Å². The maximum Gasteiger partial charge on any atom is 0.251 e. The van der Waals surface area contributed by atoms with Crippen LogP contribution in [0, 0.1) is 12.3 Å². The summed E-state index contributed by atoms with van der Waals surface area (Å²) in [6.45, 7) is 7.87. The van der Waals surface area contributed by atoms with E-state index in [2.05, 4.69) is 5.32 Å². The molecule has 0 aliphatic rings. The lowest BCUT2D eigenvalue weighted by Gasteiger charge is -2.25. The minimum atomic E-state index is -0.574. The summed E-state index contributed by atoms with van der Waals surface area (Å²) in [5.41, 5.74) is 1.17. The molecule has 1 aromatic carbocycles. The van der Waals surface area contributed by atoms with Crippen molar-refractivity contribution in [1.82, 2.24) is 5.32 Å². The molecule has 0 heterocycles. The molecular formula is C14H20ClNO2. The largest absolute Gasteiger partial charge is 0.391 e. The van der Waals surface area contributed by atoms with Crippen molar-refractivity contribution >= 4 is 17.5 Å². The van der Waals surface area contributed by atoms with E-state index >= 15 is 0 Å². The van der Waals surface area contributed by atoms with Crippen LogP contribution in [0.2, 0.25) is 5.02 Å². The molecule has 0 aliphatic heterocycles. The fourth-order valence-corrected chi connectivity index (χ4v) is 1.50. The van der Waals surface area contributed by atoms with Gasteiger partial charge in [0, 0.05) is 17.1 Å². The third kappa shape index (κ3) is 4.00. The normalized spacial score (nSPS) is 13.2. The van der Waals surface area contributed by atoms with E-state index in [9.17, 15) is 9.90 Å². The Morgan fingerprint density at radius 1 is 1.44 bits per heavy atom. The molecule has 0 radical (unpaired) electrons. The first-order chi connectivity index (χ1) is 8.21. The van der Waals surface area contributed by atoms with Gasteiger partial charge in [-0.25, -0.2) is 0 Å². The van der Waals surface area contributed by atoms with Gasteiger partial charge in [0.25, 0.3) is 5.91 Å². The molecule has 1 rings (SSSR count). The van der Waals surface area contributed by atoms with Crippen molar-refractivity contribution in [3.63, 3.8) is 0 Å². The number of aryl methyl sites for hydroxylation is 1. The molecule has 0 saturated carbocycles. The smallest absolute Gasteiger partial charge is 0.251 e. The Hall–Kier alpha value is -1.06. The highest BCUT2D eigenvalue weighted by Gasteiger charge is 2.22. The van der Waals surface area contributed by atoms with Gasteiger partial charge < -0.3 is 10.4 Å². The van der Waals surface area contributed by atoms with Gasteiger partial charge >= 0.3 is 0 Å². The first-order valence-electron chi connectivity index (χ1n) is 5.94. The van der Waals surface area contributed by atoms with Gasteiger partial charge in [0.05, 0.1) is 6.10 Å². The van der Waals surface area contributed by atoms with Crippen LogP contribution in [0.25, 0.3) is 0 Å². The predicted molar refractivity (Wildman–Crippen MR) is 74.0 cm³/mol. The number of benzene rings is 1. The van der Waals surface area contributed by atoms with Crippen molar-refractivity contribution in [2.75, 3.05) is 6.54 Å². The standard InChI is InChI=1S/C14H20ClNO2/c1-9-7-10(5-6-11(9)15)13(18)16-8-12(17)14(2,3)4/h5-7,12,17H,8H2,1-4H3,(H,16,18). The molecule has 0 spiro atoms. The molecule has 0 saturated heterocycles. The second-order valence-corrected chi connectivity index (χ2v) is 5.96. The minimum Gasteiger partial charge on any atom is -0.391 e. The van der Waals surface area contributed by atoms with Gasteiger partial charge in [0.1, 0.15) is 0 Å². The number of aliphatic hydroxyl groups excluding tert-OH is 1. The molecule has 1 unspecified atom stereocenters. The zero-order chi connectivity index (χ0) is 13.9. The van der Waals surface area contributed by atoms with Crippen LogP contribution >= 0.6 is 11.6 Å². The Morgan fingerprint density at radius 2 is 2.06 bits per heavy atom. The molecule has 18 heavy (non-hydrogen) atoms. The highest BCUT2D eigenvalue weighted by atomic mass is 35.5. The Labute approximate surface area is 113 Å². The maximum absolute atomic E-state index is 11.9. The van der Waals surface area contributed by atoms with Gasteiger partial charge in [-0.05, 0) is 36.1 Å². The fraction of sp³-hybridized carbons (Fsp3) is 0.500. The summed E-state index contributed by atoms with van der Waals surface area (Å²) < 4.78 is 0. The van der Waals surface area contributed by atoms with Crippen LogP contribution in [0.1, 0.15) is 36.7 Å². The lowest BCUT2D eigenvalue weighted by molar-refractivity contribution is 0.0587. The van der Waals surface area contributed by atoms with Crippen molar-refractivity contribution < 1.29 is 9.90 Å². The van der Waals surface area contributed by atoms with Gasteiger partial charge in [-0.3, -0.25) is 4.79 Å². The average molecular weight is 270 g/mol. The van der Waals surface area contributed by atoms with E-state index in [1.54, 1.807) is 18.2 Å². The Kier molecular flexibility index (Phi) is 4.77. The molecule has 1 amide bonds. The lowest BCUT2D eigenvalue weighted by atomic mass is 9.89. The molecule has 1 aromatic rings. The summed E-state index contributed by atoms with van der Waals surface area (Å²) in [4.78, 5) is 11.9. The molecule has 2 N–H and O–H groups in total. The summed E-state index contributed by atoms with van der Waals surface area (Å²) in [6.07, 6.45) is -0.574. The highest BCUT2D eigenvalue weighted by molar-refractivity contribution is 6.31. The summed E-state index contributed by atoms with van der Waals surface area (Å²) in [6, 6.07) is 5.11.